The third-order valence-electron chi connectivity index (χ3n) is 3.49. The number of carbonyl (C=O) groups excluding carboxylic acids is 2. The molecule has 0 saturated carbocycles. The molecule has 3 aromatic rings. The van der Waals surface area contributed by atoms with Crippen molar-refractivity contribution in [2.45, 2.75) is 6.92 Å². The number of nitrogens with one attached hydrogen (secondary N) is 2. The average molecular weight is 402 g/mol. The van der Waals surface area contributed by atoms with Gasteiger partial charge in [0.2, 0.25) is 0 Å². The van der Waals surface area contributed by atoms with E-state index in [0.717, 1.165) is 16.9 Å². The molecule has 0 fully saturated rings. The maximum absolute atomic E-state index is 12.6. The number of thiazole rings is 1. The molecule has 1 heterocycles. The van der Waals surface area contributed by atoms with Crippen LogP contribution >= 0.6 is 22.9 Å². The van der Waals surface area contributed by atoms with Gasteiger partial charge in [0, 0.05) is 16.1 Å². The van der Waals surface area contributed by atoms with Gasteiger partial charge in [0.05, 0.1) is 6.61 Å². The summed E-state index contributed by atoms with van der Waals surface area (Å²) in [6.07, 6.45) is -0.596. The van der Waals surface area contributed by atoms with Crippen molar-refractivity contribution in [1.29, 1.82) is 0 Å². The number of aromatic nitrogens is 1. The normalized spacial score (nSPS) is 10.3. The summed E-state index contributed by atoms with van der Waals surface area (Å²) >= 11 is 7.02. The summed E-state index contributed by atoms with van der Waals surface area (Å²) in [6.45, 7) is 1.97. The number of rotatable bonds is 5. The largest absolute Gasteiger partial charge is 0.450 e. The van der Waals surface area contributed by atoms with Gasteiger partial charge in [0.15, 0.2) is 5.13 Å². The molecule has 2 N–H and O–H groups in total. The predicted octanol–water partition coefficient (Wildman–Crippen LogP) is 5.28. The number of nitrogens with zero attached hydrogens (tertiary/aromatic N) is 1. The molecule has 2 amide bonds. The number of anilines is 2. The first kappa shape index (κ1) is 18.9. The van der Waals surface area contributed by atoms with Gasteiger partial charge < -0.3 is 10.1 Å². The number of hydrogen-bond acceptors (Lipinski definition) is 5. The third kappa shape index (κ3) is 4.84. The van der Waals surface area contributed by atoms with Crippen LogP contribution in [-0.4, -0.2) is 23.6 Å². The van der Waals surface area contributed by atoms with E-state index in [1.54, 1.807) is 31.2 Å². The van der Waals surface area contributed by atoms with Crippen LogP contribution in [-0.2, 0) is 4.74 Å². The van der Waals surface area contributed by atoms with Crippen LogP contribution < -0.4 is 10.6 Å². The van der Waals surface area contributed by atoms with E-state index in [9.17, 15) is 9.59 Å². The summed E-state index contributed by atoms with van der Waals surface area (Å²) in [6, 6.07) is 16.0. The molecule has 6 nitrogen and oxygen atoms in total. The molecule has 27 heavy (non-hydrogen) atoms. The molecule has 138 valence electrons. The summed E-state index contributed by atoms with van der Waals surface area (Å²) in [5.41, 5.74) is 1.85. The first-order valence-corrected chi connectivity index (χ1v) is 9.33. The fourth-order valence-corrected chi connectivity index (χ4v) is 3.28. The van der Waals surface area contributed by atoms with Crippen LogP contribution in [0, 0.1) is 0 Å². The minimum Gasteiger partial charge on any atom is -0.450 e. The maximum atomic E-state index is 12.6. The lowest BCUT2D eigenvalue weighted by Gasteiger charge is -2.05. The van der Waals surface area contributed by atoms with E-state index in [0.29, 0.717) is 26.4 Å². The van der Waals surface area contributed by atoms with Crippen LogP contribution in [0.15, 0.2) is 54.6 Å². The van der Waals surface area contributed by atoms with Gasteiger partial charge >= 0.3 is 6.09 Å². The Hall–Kier alpha value is -2.90. The molecule has 2 aromatic carbocycles. The first-order chi connectivity index (χ1) is 13.1. The zero-order valence-corrected chi connectivity index (χ0v) is 15.9. The number of amides is 2. The highest BCUT2D eigenvalue weighted by Crippen LogP contribution is 2.36. The van der Waals surface area contributed by atoms with Gasteiger partial charge in [-0.2, -0.15) is 0 Å². The predicted molar refractivity (Wildman–Crippen MR) is 108 cm³/mol. The quantitative estimate of drug-likeness (QED) is 0.609. The van der Waals surface area contributed by atoms with E-state index in [2.05, 4.69) is 15.6 Å². The van der Waals surface area contributed by atoms with Crippen LogP contribution in [0.25, 0.3) is 11.3 Å². The minimum absolute atomic E-state index is 0.253. The van der Waals surface area contributed by atoms with E-state index in [-0.39, 0.29) is 12.5 Å². The van der Waals surface area contributed by atoms with Gasteiger partial charge in [-0.3, -0.25) is 10.1 Å². The van der Waals surface area contributed by atoms with Gasteiger partial charge in [0.1, 0.15) is 10.7 Å². The zero-order chi connectivity index (χ0) is 19.2. The van der Waals surface area contributed by atoms with Gasteiger partial charge in [-0.15, -0.1) is 0 Å². The molecule has 8 heteroatoms. The van der Waals surface area contributed by atoms with Crippen molar-refractivity contribution >= 4 is 45.1 Å². The summed E-state index contributed by atoms with van der Waals surface area (Å²) in [5.74, 6) is -0.296. The van der Waals surface area contributed by atoms with Crippen LogP contribution in [0.3, 0.4) is 0 Å². The molecule has 0 saturated heterocycles. The van der Waals surface area contributed by atoms with Crippen molar-refractivity contribution < 1.29 is 14.3 Å². The fourth-order valence-electron chi connectivity index (χ4n) is 2.28. The van der Waals surface area contributed by atoms with E-state index in [4.69, 9.17) is 16.3 Å². The lowest BCUT2D eigenvalue weighted by atomic mass is 10.1. The fraction of sp³-hybridized carbons (Fsp3) is 0.105. The Morgan fingerprint density at radius 3 is 2.44 bits per heavy atom. The molecule has 0 aliphatic heterocycles. The highest BCUT2D eigenvalue weighted by Gasteiger charge is 2.18. The van der Waals surface area contributed by atoms with Crippen LogP contribution in [0.1, 0.15) is 17.3 Å². The standard InChI is InChI=1S/C19H16ClN3O3S/c1-2-26-19(25)23-18-21-15(12-6-4-3-5-7-12)17(27-18)22-16(24)13-8-10-14(20)11-9-13/h3-11H,2H2,1H3,(H,22,24)(H,21,23,25). The summed E-state index contributed by atoms with van der Waals surface area (Å²) in [5, 5.41) is 6.83. The molecule has 0 bridgehead atoms. The number of ether oxygens (including phenoxy) is 1. The lowest BCUT2D eigenvalue weighted by molar-refractivity contribution is 0.102. The molecule has 0 radical (unpaired) electrons. The van der Waals surface area contributed by atoms with Crippen LogP contribution in [0.4, 0.5) is 14.9 Å². The summed E-state index contributed by atoms with van der Waals surface area (Å²) in [7, 11) is 0. The molecule has 0 aliphatic carbocycles. The highest BCUT2D eigenvalue weighted by atomic mass is 35.5. The Morgan fingerprint density at radius 2 is 1.78 bits per heavy atom. The van der Waals surface area contributed by atoms with Gasteiger partial charge in [-0.25, -0.2) is 9.78 Å². The minimum atomic E-state index is -0.596. The Balaban J connectivity index is 1.89. The van der Waals surface area contributed by atoms with Crippen LogP contribution in [0.5, 0.6) is 0 Å². The number of carbonyl (C=O) groups is 2. The molecule has 0 unspecified atom stereocenters. The second kappa shape index (κ2) is 8.66. The topological polar surface area (TPSA) is 80.3 Å². The van der Waals surface area contributed by atoms with Crippen molar-refractivity contribution in [3.8, 4) is 11.3 Å². The lowest BCUT2D eigenvalue weighted by Crippen LogP contribution is -2.12. The average Bonchev–Trinajstić information content (AvgIpc) is 3.05. The van der Waals surface area contributed by atoms with Gasteiger partial charge in [-0.05, 0) is 31.2 Å². The van der Waals surface area contributed by atoms with Crippen molar-refractivity contribution in [3.63, 3.8) is 0 Å². The van der Waals surface area contributed by atoms with E-state index in [1.807, 2.05) is 30.3 Å². The molecule has 0 aliphatic rings. The summed E-state index contributed by atoms with van der Waals surface area (Å²) < 4.78 is 4.88. The van der Waals surface area contributed by atoms with Crippen molar-refractivity contribution in [1.82, 2.24) is 4.98 Å². The van der Waals surface area contributed by atoms with Gasteiger partial charge in [0.25, 0.3) is 5.91 Å². The van der Waals surface area contributed by atoms with Crippen molar-refractivity contribution in [2.24, 2.45) is 0 Å². The molecule has 0 spiro atoms. The Morgan fingerprint density at radius 1 is 1.07 bits per heavy atom. The zero-order valence-electron chi connectivity index (χ0n) is 14.4. The maximum Gasteiger partial charge on any atom is 0.413 e. The monoisotopic (exact) mass is 401 g/mol. The molecule has 0 atom stereocenters. The smallest absolute Gasteiger partial charge is 0.413 e. The first-order valence-electron chi connectivity index (χ1n) is 8.13. The second-order valence-electron chi connectivity index (χ2n) is 5.37. The second-order valence-corrected chi connectivity index (χ2v) is 6.80. The van der Waals surface area contributed by atoms with E-state index in [1.165, 1.54) is 0 Å². The molecular formula is C19H16ClN3O3S. The van der Waals surface area contributed by atoms with E-state index >= 15 is 0 Å². The molecule has 1 aromatic heterocycles. The molecule has 3 rings (SSSR count). The number of halogens is 1. The number of benzene rings is 2. The Bertz CT molecular complexity index is 943. The van der Waals surface area contributed by atoms with Crippen LogP contribution in [0.2, 0.25) is 5.02 Å². The highest BCUT2D eigenvalue weighted by molar-refractivity contribution is 7.20. The Kier molecular flexibility index (Phi) is 6.05. The molecular weight excluding hydrogens is 386 g/mol. The third-order valence-corrected chi connectivity index (χ3v) is 4.63. The number of hydrogen-bond donors (Lipinski definition) is 2. The van der Waals surface area contributed by atoms with E-state index < -0.39 is 6.09 Å². The van der Waals surface area contributed by atoms with Gasteiger partial charge in [-0.1, -0.05) is 53.3 Å². The van der Waals surface area contributed by atoms with Crippen molar-refractivity contribution in [2.75, 3.05) is 17.2 Å². The SMILES string of the molecule is CCOC(=O)Nc1nc(-c2ccccc2)c(NC(=O)c2ccc(Cl)cc2)s1. The summed E-state index contributed by atoms with van der Waals surface area (Å²) in [4.78, 5) is 28.7. The van der Waals surface area contributed by atoms with Crippen molar-refractivity contribution in [3.05, 3.63) is 65.2 Å². The Labute approximate surface area is 165 Å².